The quantitative estimate of drug-likeness (QED) is 0.323. The van der Waals surface area contributed by atoms with Crippen LogP contribution in [0.5, 0.6) is 11.5 Å². The van der Waals surface area contributed by atoms with E-state index in [1.165, 1.54) is 12.3 Å². The van der Waals surface area contributed by atoms with Crippen LogP contribution in [0, 0.1) is 5.82 Å². The van der Waals surface area contributed by atoms with Gasteiger partial charge in [0.2, 0.25) is 0 Å². The Hall–Kier alpha value is -1.94. The Morgan fingerprint density at radius 2 is 2.04 bits per heavy atom. The first-order valence-electron chi connectivity index (χ1n) is 8.87. The molecule has 0 saturated carbocycles. The number of nitrogens with one attached hydrogen (secondary N) is 2. The van der Waals surface area contributed by atoms with Gasteiger partial charge in [0.25, 0.3) is 0 Å². The summed E-state index contributed by atoms with van der Waals surface area (Å²) in [6.07, 6.45) is 3.17. The van der Waals surface area contributed by atoms with Crippen LogP contribution in [0.3, 0.4) is 0 Å². The first kappa shape index (κ1) is 24.1. The third kappa shape index (κ3) is 7.97. The molecule has 0 spiro atoms. The molecule has 154 valence electrons. The normalized spacial score (nSPS) is 11.5. The Kier molecular flexibility index (Phi) is 10.2. The number of hydrogen-bond acceptors (Lipinski definition) is 4. The van der Waals surface area contributed by atoms with Crippen molar-refractivity contribution in [2.75, 3.05) is 20.2 Å². The molecule has 1 aromatic heterocycles. The molecule has 2 aromatic rings. The van der Waals surface area contributed by atoms with Crippen LogP contribution in [-0.4, -0.2) is 36.7 Å². The maximum absolute atomic E-state index is 14.3. The molecule has 0 saturated heterocycles. The van der Waals surface area contributed by atoms with Crippen molar-refractivity contribution in [1.29, 1.82) is 0 Å². The van der Waals surface area contributed by atoms with Crippen molar-refractivity contribution in [1.82, 2.24) is 15.6 Å². The summed E-state index contributed by atoms with van der Waals surface area (Å²) in [5, 5.41) is 6.40. The highest BCUT2D eigenvalue weighted by Crippen LogP contribution is 2.24. The number of benzene rings is 1. The average molecular weight is 502 g/mol. The van der Waals surface area contributed by atoms with E-state index in [1.54, 1.807) is 37.6 Å². The molecule has 0 amide bonds. The second-order valence-corrected chi connectivity index (χ2v) is 6.57. The van der Waals surface area contributed by atoms with Crippen molar-refractivity contribution in [2.45, 2.75) is 32.9 Å². The van der Waals surface area contributed by atoms with Gasteiger partial charge in [-0.05, 0) is 50.6 Å². The van der Waals surface area contributed by atoms with Crippen molar-refractivity contribution in [3.63, 3.8) is 0 Å². The Balaban J connectivity index is 0.00000392. The fourth-order valence-electron chi connectivity index (χ4n) is 2.14. The number of aliphatic imine (C=N–C) groups is 1. The molecule has 0 aliphatic rings. The molecule has 1 heterocycles. The van der Waals surface area contributed by atoms with Crippen molar-refractivity contribution in [3.8, 4) is 11.5 Å². The van der Waals surface area contributed by atoms with Crippen molar-refractivity contribution < 1.29 is 13.9 Å². The van der Waals surface area contributed by atoms with Gasteiger partial charge in [-0.1, -0.05) is 6.07 Å². The second-order valence-electron chi connectivity index (χ2n) is 6.57. The van der Waals surface area contributed by atoms with Gasteiger partial charge in [-0.25, -0.2) is 9.38 Å². The van der Waals surface area contributed by atoms with E-state index in [9.17, 15) is 4.39 Å². The number of rotatable bonds is 8. The van der Waals surface area contributed by atoms with Crippen molar-refractivity contribution in [3.05, 3.63) is 54.1 Å². The van der Waals surface area contributed by atoms with Gasteiger partial charge in [-0.15, -0.1) is 24.0 Å². The van der Waals surface area contributed by atoms with Gasteiger partial charge in [0.15, 0.2) is 17.5 Å². The highest BCUT2D eigenvalue weighted by atomic mass is 127. The lowest BCUT2D eigenvalue weighted by atomic mass is 10.1. The maximum Gasteiger partial charge on any atom is 0.191 e. The second kappa shape index (κ2) is 11.8. The van der Waals surface area contributed by atoms with E-state index in [-0.39, 0.29) is 35.3 Å². The molecule has 0 aliphatic carbocycles. The minimum atomic E-state index is -0.440. The van der Waals surface area contributed by atoms with Crippen LogP contribution in [-0.2, 0) is 11.3 Å². The van der Waals surface area contributed by atoms with Gasteiger partial charge in [-0.2, -0.15) is 0 Å². The summed E-state index contributed by atoms with van der Waals surface area (Å²) in [4.78, 5) is 8.44. The van der Waals surface area contributed by atoms with Crippen LogP contribution in [0.25, 0.3) is 0 Å². The Morgan fingerprint density at radius 1 is 1.25 bits per heavy atom. The molecule has 0 fully saturated rings. The summed E-state index contributed by atoms with van der Waals surface area (Å²) in [7, 11) is 1.67. The summed E-state index contributed by atoms with van der Waals surface area (Å²) < 4.78 is 25.2. The largest absolute Gasteiger partial charge is 0.453 e. The van der Waals surface area contributed by atoms with Crippen LogP contribution in [0.4, 0.5) is 4.39 Å². The molecule has 28 heavy (non-hydrogen) atoms. The fraction of sp³-hybridized carbons (Fsp3) is 0.400. The summed E-state index contributed by atoms with van der Waals surface area (Å²) in [6.45, 7) is 7.63. The first-order valence-corrected chi connectivity index (χ1v) is 8.87. The lowest BCUT2D eigenvalue weighted by Gasteiger charge is -2.24. The first-order chi connectivity index (χ1) is 12.9. The highest BCUT2D eigenvalue weighted by Gasteiger charge is 2.16. The number of ether oxygens (including phenoxy) is 2. The molecule has 0 atom stereocenters. The summed E-state index contributed by atoms with van der Waals surface area (Å²) >= 11 is 0. The molecular weight excluding hydrogens is 474 g/mol. The molecule has 2 rings (SSSR count). The van der Waals surface area contributed by atoms with Crippen molar-refractivity contribution >= 4 is 29.9 Å². The van der Waals surface area contributed by atoms with Crippen LogP contribution < -0.4 is 15.4 Å². The van der Waals surface area contributed by atoms with E-state index in [0.717, 1.165) is 12.1 Å². The molecule has 0 bridgehead atoms. The Labute approximate surface area is 183 Å². The average Bonchev–Trinajstić information content (AvgIpc) is 2.67. The fourth-order valence-corrected chi connectivity index (χ4v) is 2.14. The molecule has 0 aliphatic heterocycles. The molecule has 0 radical (unpaired) electrons. The third-order valence-electron chi connectivity index (χ3n) is 3.86. The highest BCUT2D eigenvalue weighted by molar-refractivity contribution is 14.0. The number of aromatic nitrogens is 1. The van der Waals surface area contributed by atoms with Gasteiger partial charge in [0, 0.05) is 26.4 Å². The van der Waals surface area contributed by atoms with Gasteiger partial charge in [-0.3, -0.25) is 4.98 Å². The van der Waals surface area contributed by atoms with E-state index in [1.807, 2.05) is 20.8 Å². The zero-order valence-electron chi connectivity index (χ0n) is 16.7. The molecule has 1 aromatic carbocycles. The van der Waals surface area contributed by atoms with Gasteiger partial charge >= 0.3 is 0 Å². The van der Waals surface area contributed by atoms with E-state index in [4.69, 9.17) is 9.47 Å². The lowest BCUT2D eigenvalue weighted by Crippen LogP contribution is -2.45. The standard InChI is InChI=1S/C20H27FN4O2.HI/c1-5-23-19(25-14-20(2,3)26-4)24-12-15-8-9-18(17(21)11-15)27-16-7-6-10-22-13-16;/h6-11,13H,5,12,14H2,1-4H3,(H2,23,24,25);1H. The number of methoxy groups -OCH3 is 1. The topological polar surface area (TPSA) is 67.8 Å². The van der Waals surface area contributed by atoms with Gasteiger partial charge < -0.3 is 20.1 Å². The Morgan fingerprint density at radius 3 is 2.64 bits per heavy atom. The van der Waals surface area contributed by atoms with Crippen LogP contribution in [0.2, 0.25) is 0 Å². The van der Waals surface area contributed by atoms with E-state index >= 15 is 0 Å². The molecule has 6 nitrogen and oxygen atoms in total. The number of halogens is 2. The van der Waals surface area contributed by atoms with Crippen LogP contribution >= 0.6 is 24.0 Å². The third-order valence-corrected chi connectivity index (χ3v) is 3.86. The van der Waals surface area contributed by atoms with E-state index in [0.29, 0.717) is 24.8 Å². The minimum Gasteiger partial charge on any atom is -0.453 e. The SMILES string of the molecule is CCNC(=NCc1ccc(Oc2cccnc2)c(F)c1)NCC(C)(C)OC.I. The predicted molar refractivity (Wildman–Crippen MR) is 120 cm³/mol. The van der Waals surface area contributed by atoms with E-state index < -0.39 is 5.82 Å². The van der Waals surface area contributed by atoms with Crippen LogP contribution in [0.1, 0.15) is 26.3 Å². The lowest BCUT2D eigenvalue weighted by molar-refractivity contribution is 0.0268. The number of guanidine groups is 1. The van der Waals surface area contributed by atoms with E-state index in [2.05, 4.69) is 20.6 Å². The molecule has 0 unspecified atom stereocenters. The maximum atomic E-state index is 14.3. The predicted octanol–water partition coefficient (Wildman–Crippen LogP) is 4.11. The zero-order valence-corrected chi connectivity index (χ0v) is 19.0. The molecular formula is C20H28FIN4O2. The van der Waals surface area contributed by atoms with Gasteiger partial charge in [0.1, 0.15) is 5.75 Å². The van der Waals surface area contributed by atoms with Gasteiger partial charge in [0.05, 0.1) is 18.3 Å². The minimum absolute atomic E-state index is 0. The Bertz CT molecular complexity index is 757. The number of pyridine rings is 1. The molecule has 2 N–H and O–H groups in total. The van der Waals surface area contributed by atoms with Crippen molar-refractivity contribution in [2.24, 2.45) is 4.99 Å². The smallest absolute Gasteiger partial charge is 0.191 e. The summed E-state index contributed by atoms with van der Waals surface area (Å²) in [5.74, 6) is 0.855. The number of nitrogens with zero attached hydrogens (tertiary/aromatic N) is 2. The van der Waals surface area contributed by atoms with Crippen LogP contribution in [0.15, 0.2) is 47.7 Å². The summed E-state index contributed by atoms with van der Waals surface area (Å²) in [5.41, 5.74) is 0.433. The number of hydrogen-bond donors (Lipinski definition) is 2. The molecule has 8 heteroatoms. The zero-order chi connectivity index (χ0) is 19.7. The monoisotopic (exact) mass is 502 g/mol. The summed E-state index contributed by atoms with van der Waals surface area (Å²) in [6, 6.07) is 8.28.